The van der Waals surface area contributed by atoms with E-state index >= 15 is 0 Å². The van der Waals surface area contributed by atoms with Crippen molar-refractivity contribution in [1.82, 2.24) is 4.98 Å². The topological polar surface area (TPSA) is 37.4 Å². The van der Waals surface area contributed by atoms with Gasteiger partial charge in [0, 0.05) is 28.9 Å². The van der Waals surface area contributed by atoms with Crippen LogP contribution in [0.15, 0.2) is 53.7 Å². The van der Waals surface area contributed by atoms with Gasteiger partial charge in [-0.05, 0) is 71.3 Å². The van der Waals surface area contributed by atoms with E-state index in [0.29, 0.717) is 18.4 Å². The molecule has 6 rings (SSSR count). The van der Waals surface area contributed by atoms with Crippen LogP contribution in [0.4, 0.5) is 0 Å². The Bertz CT molecular complexity index is 1250. The van der Waals surface area contributed by atoms with Crippen LogP contribution in [0.1, 0.15) is 81.5 Å². The lowest BCUT2D eigenvalue weighted by atomic mass is 9.49. The fourth-order valence-electron chi connectivity index (χ4n) is 7.51. The zero-order valence-electron chi connectivity index (χ0n) is 21.2. The van der Waals surface area contributed by atoms with Gasteiger partial charge in [0.1, 0.15) is 6.61 Å². The van der Waals surface area contributed by atoms with Gasteiger partial charge in [0.25, 0.3) is 0 Å². The number of aryl methyl sites for hydroxylation is 1. The molecule has 0 bridgehead atoms. The average Bonchev–Trinajstić information content (AvgIpc) is 3.47. The molecule has 1 N–H and O–H groups in total. The molecule has 34 heavy (non-hydrogen) atoms. The van der Waals surface area contributed by atoms with Crippen LogP contribution < -0.4 is 0 Å². The predicted molar refractivity (Wildman–Crippen MR) is 141 cm³/mol. The number of hydrogen-bond acceptors (Lipinski definition) is 2. The zero-order valence-corrected chi connectivity index (χ0v) is 21.2. The van der Waals surface area contributed by atoms with Crippen LogP contribution in [0.3, 0.4) is 0 Å². The second kappa shape index (κ2) is 8.00. The van der Waals surface area contributed by atoms with Gasteiger partial charge < -0.3 is 9.72 Å². The number of hydrogen-bond donors (Lipinski definition) is 1. The fraction of sp³-hybridized carbons (Fsp3) is 0.516. The molecule has 0 amide bonds. The van der Waals surface area contributed by atoms with Crippen molar-refractivity contribution in [2.24, 2.45) is 16.3 Å². The molecular formula is C31H38N2O. The second-order valence-electron chi connectivity index (χ2n) is 11.8. The smallest absolute Gasteiger partial charge is 0.190 e. The van der Waals surface area contributed by atoms with Crippen LogP contribution in [-0.4, -0.2) is 23.5 Å². The first-order valence-electron chi connectivity index (χ1n) is 13.3. The van der Waals surface area contributed by atoms with Crippen molar-refractivity contribution in [3.05, 3.63) is 70.9 Å². The van der Waals surface area contributed by atoms with E-state index in [0.717, 1.165) is 12.3 Å². The van der Waals surface area contributed by atoms with Crippen molar-refractivity contribution >= 4 is 16.8 Å². The molecule has 2 heterocycles. The van der Waals surface area contributed by atoms with Gasteiger partial charge in [0.2, 0.25) is 0 Å². The number of benzene rings is 2. The maximum absolute atomic E-state index is 6.44. The number of ether oxygens (including phenoxy) is 1. The molecule has 0 unspecified atom stereocenters. The zero-order chi connectivity index (χ0) is 23.5. The second-order valence-corrected chi connectivity index (χ2v) is 11.8. The normalized spacial score (nSPS) is 30.7. The van der Waals surface area contributed by atoms with Gasteiger partial charge in [-0.15, -0.1) is 0 Å². The van der Waals surface area contributed by atoms with Gasteiger partial charge in [-0.1, -0.05) is 70.5 Å². The number of H-pyrrole nitrogens is 1. The first-order chi connectivity index (χ1) is 16.4. The van der Waals surface area contributed by atoms with Crippen molar-refractivity contribution in [1.29, 1.82) is 0 Å². The number of fused-ring (bicyclic) bond motifs is 4. The third-order valence-electron chi connectivity index (χ3n) is 9.38. The molecule has 0 saturated heterocycles. The Morgan fingerprint density at radius 3 is 2.76 bits per heavy atom. The summed E-state index contributed by atoms with van der Waals surface area (Å²) in [6, 6.07) is 16.1. The molecule has 0 spiro atoms. The highest BCUT2D eigenvalue weighted by molar-refractivity contribution is 5.85. The SMILES string of the molecule is CC(C)c1ccc2c(c1)CC[C@H]1[C@](C)(C3=N[C@@H](Cc4c[nH]c5ccccc45)CO3)CCC[C@]21C. The van der Waals surface area contributed by atoms with Crippen LogP contribution >= 0.6 is 0 Å². The van der Waals surface area contributed by atoms with Gasteiger partial charge in [-0.2, -0.15) is 0 Å². The van der Waals surface area contributed by atoms with Crippen molar-refractivity contribution < 1.29 is 4.74 Å². The largest absolute Gasteiger partial charge is 0.478 e. The first-order valence-corrected chi connectivity index (χ1v) is 13.3. The quantitative estimate of drug-likeness (QED) is 0.440. The summed E-state index contributed by atoms with van der Waals surface area (Å²) in [7, 11) is 0. The molecule has 1 saturated carbocycles. The predicted octanol–water partition coefficient (Wildman–Crippen LogP) is 7.34. The third kappa shape index (κ3) is 3.34. The van der Waals surface area contributed by atoms with E-state index in [2.05, 4.69) is 81.3 Å². The molecule has 3 heteroatoms. The van der Waals surface area contributed by atoms with E-state index < -0.39 is 0 Å². The minimum Gasteiger partial charge on any atom is -0.478 e. The lowest BCUT2D eigenvalue weighted by Crippen LogP contribution is -2.52. The highest BCUT2D eigenvalue weighted by Gasteiger charge is 2.55. The van der Waals surface area contributed by atoms with Crippen LogP contribution in [0, 0.1) is 11.3 Å². The molecule has 2 aliphatic carbocycles. The summed E-state index contributed by atoms with van der Waals surface area (Å²) in [4.78, 5) is 8.68. The van der Waals surface area contributed by atoms with Gasteiger partial charge >= 0.3 is 0 Å². The highest BCUT2D eigenvalue weighted by atomic mass is 16.5. The number of aromatic amines is 1. The highest BCUT2D eigenvalue weighted by Crippen LogP contribution is 2.58. The summed E-state index contributed by atoms with van der Waals surface area (Å²) < 4.78 is 6.44. The summed E-state index contributed by atoms with van der Waals surface area (Å²) >= 11 is 0. The van der Waals surface area contributed by atoms with Gasteiger partial charge in [0.15, 0.2) is 5.90 Å². The Labute approximate surface area is 204 Å². The van der Waals surface area contributed by atoms with Crippen LogP contribution in [0.2, 0.25) is 0 Å². The maximum atomic E-state index is 6.44. The van der Waals surface area contributed by atoms with Crippen LogP contribution in [-0.2, 0) is 23.0 Å². The van der Waals surface area contributed by atoms with Crippen molar-refractivity contribution in [3.8, 4) is 0 Å². The number of aliphatic imine (C=N–C) groups is 1. The minimum absolute atomic E-state index is 0.0242. The van der Waals surface area contributed by atoms with E-state index in [9.17, 15) is 0 Å². The fourth-order valence-corrected chi connectivity index (χ4v) is 7.51. The molecule has 3 aromatic rings. The molecule has 3 nitrogen and oxygen atoms in total. The van der Waals surface area contributed by atoms with Crippen molar-refractivity contribution in [2.75, 3.05) is 6.61 Å². The Morgan fingerprint density at radius 1 is 1.09 bits per heavy atom. The Morgan fingerprint density at radius 2 is 1.91 bits per heavy atom. The lowest BCUT2D eigenvalue weighted by Gasteiger charge is -2.54. The van der Waals surface area contributed by atoms with E-state index in [1.54, 1.807) is 11.1 Å². The average molecular weight is 455 g/mol. The summed E-state index contributed by atoms with van der Waals surface area (Å²) in [5, 5.41) is 1.31. The third-order valence-corrected chi connectivity index (χ3v) is 9.38. The standard InChI is InChI=1S/C31H38N2O/c1-20(2)21-10-12-26-22(16-21)11-13-28-30(26,3)14-7-15-31(28,4)29-33-24(19-34-29)17-23-18-32-27-9-6-5-8-25(23)27/h5-6,8-10,12,16,18,20,24,28,32H,7,11,13-15,17,19H2,1-4H3/t24-,28+,30+,31+/m0/s1. The Kier molecular flexibility index (Phi) is 5.17. The number of nitrogens with one attached hydrogen (secondary N) is 1. The van der Waals surface area contributed by atoms with Gasteiger partial charge in [-0.25, -0.2) is 4.99 Å². The molecule has 2 aromatic carbocycles. The molecule has 0 radical (unpaired) electrons. The number of nitrogens with zero attached hydrogens (tertiary/aromatic N) is 1. The van der Waals surface area contributed by atoms with Crippen molar-refractivity contribution in [2.45, 2.75) is 83.6 Å². The Hall–Kier alpha value is -2.55. The molecule has 1 aliphatic heterocycles. The molecule has 1 fully saturated rings. The number of aromatic nitrogens is 1. The minimum atomic E-state index is 0.0242. The lowest BCUT2D eigenvalue weighted by molar-refractivity contribution is 0.0601. The Balaban J connectivity index is 1.29. The summed E-state index contributed by atoms with van der Waals surface area (Å²) in [6.45, 7) is 10.3. The summed E-state index contributed by atoms with van der Waals surface area (Å²) in [6.07, 6.45) is 9.20. The molecule has 1 aromatic heterocycles. The summed E-state index contributed by atoms with van der Waals surface area (Å²) in [5.41, 5.74) is 7.43. The van der Waals surface area contributed by atoms with Crippen molar-refractivity contribution in [3.63, 3.8) is 0 Å². The monoisotopic (exact) mass is 454 g/mol. The van der Waals surface area contributed by atoms with E-state index in [4.69, 9.17) is 9.73 Å². The van der Waals surface area contributed by atoms with E-state index in [1.165, 1.54) is 54.1 Å². The van der Waals surface area contributed by atoms with Gasteiger partial charge in [-0.3, -0.25) is 0 Å². The van der Waals surface area contributed by atoms with E-state index in [-0.39, 0.29) is 16.9 Å². The van der Waals surface area contributed by atoms with Crippen LogP contribution in [0.5, 0.6) is 0 Å². The molecular weight excluding hydrogens is 416 g/mol. The summed E-state index contributed by atoms with van der Waals surface area (Å²) in [5.74, 6) is 2.20. The van der Waals surface area contributed by atoms with Gasteiger partial charge in [0.05, 0.1) is 6.04 Å². The molecule has 4 atom stereocenters. The molecule has 3 aliphatic rings. The molecule has 178 valence electrons. The number of rotatable bonds is 4. The maximum Gasteiger partial charge on any atom is 0.190 e. The first kappa shape index (κ1) is 21.9. The number of para-hydroxylation sites is 1. The van der Waals surface area contributed by atoms with E-state index in [1.807, 2.05) is 0 Å². The van der Waals surface area contributed by atoms with Crippen LogP contribution in [0.25, 0.3) is 10.9 Å².